The van der Waals surface area contributed by atoms with E-state index in [1.165, 1.54) is 4.90 Å². The summed E-state index contributed by atoms with van der Waals surface area (Å²) in [4.78, 5) is 27.1. The molecular weight excluding hydrogens is 314 g/mol. The zero-order valence-corrected chi connectivity index (χ0v) is 14.3. The minimum absolute atomic E-state index is 0.0515. The molecule has 0 bridgehead atoms. The number of rotatable bonds is 3. The number of anilines is 1. The van der Waals surface area contributed by atoms with Crippen LogP contribution in [0.3, 0.4) is 0 Å². The zero-order chi connectivity index (χ0) is 17.2. The number of pyridine rings is 1. The molecule has 128 valence electrons. The number of aromatic amines is 2. The highest BCUT2D eigenvalue weighted by Crippen LogP contribution is 2.10. The van der Waals surface area contributed by atoms with Crippen molar-refractivity contribution >= 4 is 16.7 Å². The van der Waals surface area contributed by atoms with E-state index in [0.717, 1.165) is 43.3 Å². The second kappa shape index (κ2) is 6.64. The third kappa shape index (κ3) is 3.13. The highest BCUT2D eigenvalue weighted by Gasteiger charge is 2.30. The van der Waals surface area contributed by atoms with Crippen molar-refractivity contribution in [1.82, 2.24) is 9.97 Å². The molecule has 1 fully saturated rings. The molecule has 1 aliphatic heterocycles. The number of quaternary nitrogens is 1. The van der Waals surface area contributed by atoms with Crippen LogP contribution in [0, 0.1) is 0 Å². The molecule has 0 unspecified atom stereocenters. The van der Waals surface area contributed by atoms with Gasteiger partial charge >= 0.3 is 0 Å². The summed E-state index contributed by atoms with van der Waals surface area (Å²) in [5.74, 6) is 1.94. The molecule has 0 saturated carbocycles. The maximum absolute atomic E-state index is 12.3. The minimum Gasteiger partial charge on any atom is -0.320 e. The van der Waals surface area contributed by atoms with Gasteiger partial charge in [0, 0.05) is 6.07 Å². The summed E-state index contributed by atoms with van der Waals surface area (Å²) in [7, 11) is 0. The number of benzene rings is 1. The number of nitrogens with zero attached hydrogens (tertiary/aromatic N) is 2. The van der Waals surface area contributed by atoms with Crippen LogP contribution in [0.1, 0.15) is 18.8 Å². The van der Waals surface area contributed by atoms with Crippen molar-refractivity contribution < 1.29 is 9.88 Å². The number of fused-ring (bicyclic) bond motifs is 1. The highest BCUT2D eigenvalue weighted by atomic mass is 16.1. The standard InChI is InChI=1S/C19H21N5O/c1-14(18-21-16-7-3-2-6-15(16)19(25)22-18)23-10-12-24(13-11-23)17-8-4-5-9-20-17/h2-9,14H,10-13H2,1H3,(H,21,22,25)/p+2/t14-/m1/s1. The van der Waals surface area contributed by atoms with Crippen molar-refractivity contribution in [3.63, 3.8) is 0 Å². The zero-order valence-electron chi connectivity index (χ0n) is 14.3. The lowest BCUT2D eigenvalue weighted by Crippen LogP contribution is -3.15. The SMILES string of the molecule is C[C@H](c1nc2ccccc2c(=O)[nH]1)[NH+]1CCN(c2cccc[nH+]2)CC1. The lowest BCUT2D eigenvalue weighted by Gasteiger charge is -2.31. The number of hydrogen-bond donors (Lipinski definition) is 2. The fraction of sp³-hybridized carbons (Fsp3) is 0.316. The van der Waals surface area contributed by atoms with Crippen molar-refractivity contribution in [2.24, 2.45) is 0 Å². The van der Waals surface area contributed by atoms with Crippen LogP contribution in [0.5, 0.6) is 0 Å². The van der Waals surface area contributed by atoms with Crippen LogP contribution in [0.25, 0.3) is 10.9 Å². The Morgan fingerprint density at radius 1 is 1.16 bits per heavy atom. The number of para-hydroxylation sites is 1. The van der Waals surface area contributed by atoms with Gasteiger partial charge in [0.1, 0.15) is 32.2 Å². The average Bonchev–Trinajstić information content (AvgIpc) is 2.68. The molecule has 6 nitrogen and oxygen atoms in total. The van der Waals surface area contributed by atoms with E-state index >= 15 is 0 Å². The molecule has 0 radical (unpaired) electrons. The van der Waals surface area contributed by atoms with E-state index < -0.39 is 0 Å². The van der Waals surface area contributed by atoms with Crippen molar-refractivity contribution in [3.8, 4) is 0 Å². The van der Waals surface area contributed by atoms with Crippen molar-refractivity contribution in [2.45, 2.75) is 13.0 Å². The van der Waals surface area contributed by atoms with Gasteiger partial charge in [0.15, 0.2) is 5.82 Å². The molecule has 0 aliphatic carbocycles. The van der Waals surface area contributed by atoms with Crippen LogP contribution in [0.2, 0.25) is 0 Å². The largest absolute Gasteiger partial charge is 0.320 e. The fourth-order valence-electron chi connectivity index (χ4n) is 3.55. The van der Waals surface area contributed by atoms with E-state index in [1.807, 2.05) is 36.5 Å². The lowest BCUT2D eigenvalue weighted by atomic mass is 10.2. The van der Waals surface area contributed by atoms with Crippen molar-refractivity contribution in [1.29, 1.82) is 0 Å². The molecule has 2 aromatic heterocycles. The normalized spacial score (nSPS) is 16.9. The maximum Gasteiger partial charge on any atom is 0.274 e. The molecule has 3 heterocycles. The van der Waals surface area contributed by atoms with Crippen LogP contribution in [0.4, 0.5) is 5.82 Å². The van der Waals surface area contributed by atoms with E-state index in [0.29, 0.717) is 5.39 Å². The number of H-pyrrole nitrogens is 2. The summed E-state index contributed by atoms with van der Waals surface area (Å²) in [6.45, 7) is 6.14. The van der Waals surface area contributed by atoms with Gasteiger partial charge in [-0.2, -0.15) is 0 Å². The van der Waals surface area contributed by atoms with Gasteiger partial charge < -0.3 is 9.88 Å². The van der Waals surface area contributed by atoms with Gasteiger partial charge in [-0.05, 0) is 25.1 Å². The molecule has 3 aromatic rings. The second-order valence-corrected chi connectivity index (χ2v) is 6.58. The van der Waals surface area contributed by atoms with E-state index in [2.05, 4.69) is 33.9 Å². The Balaban J connectivity index is 1.51. The summed E-state index contributed by atoms with van der Waals surface area (Å²) in [5.41, 5.74) is 0.717. The van der Waals surface area contributed by atoms with E-state index in [4.69, 9.17) is 4.98 Å². The highest BCUT2D eigenvalue weighted by molar-refractivity contribution is 5.77. The van der Waals surface area contributed by atoms with Gasteiger partial charge in [0.25, 0.3) is 11.4 Å². The number of piperazine rings is 1. The molecule has 25 heavy (non-hydrogen) atoms. The molecular formula is C19H23N5O+2. The van der Waals surface area contributed by atoms with E-state index in [1.54, 1.807) is 0 Å². The lowest BCUT2D eigenvalue weighted by molar-refractivity contribution is -0.931. The van der Waals surface area contributed by atoms with Crippen LogP contribution in [-0.4, -0.2) is 36.1 Å². The first-order valence-corrected chi connectivity index (χ1v) is 8.77. The monoisotopic (exact) mass is 337 g/mol. The predicted molar refractivity (Wildman–Crippen MR) is 96.7 cm³/mol. The predicted octanol–water partition coefficient (Wildman–Crippen LogP) is 0.203. The Labute approximate surface area is 146 Å². The minimum atomic E-state index is -0.0515. The van der Waals surface area contributed by atoms with Crippen molar-refractivity contribution in [3.05, 3.63) is 64.8 Å². The number of hydrogen-bond acceptors (Lipinski definition) is 3. The Bertz CT molecular complexity index is 916. The molecule has 6 heteroatoms. The van der Waals surface area contributed by atoms with Gasteiger partial charge in [0.05, 0.1) is 17.1 Å². The van der Waals surface area contributed by atoms with E-state index in [-0.39, 0.29) is 11.6 Å². The Morgan fingerprint density at radius 2 is 1.92 bits per heavy atom. The summed E-state index contributed by atoms with van der Waals surface area (Å²) < 4.78 is 0. The Kier molecular flexibility index (Phi) is 4.19. The molecule has 0 spiro atoms. The third-order valence-corrected chi connectivity index (χ3v) is 5.09. The number of nitrogens with one attached hydrogen (secondary N) is 3. The van der Waals surface area contributed by atoms with Gasteiger partial charge in [-0.3, -0.25) is 9.69 Å². The van der Waals surface area contributed by atoms with Gasteiger partial charge in [-0.15, -0.1) is 0 Å². The molecule has 3 N–H and O–H groups in total. The molecule has 1 aliphatic rings. The summed E-state index contributed by atoms with van der Waals surface area (Å²) in [5, 5.41) is 0.651. The quantitative estimate of drug-likeness (QED) is 0.718. The maximum atomic E-state index is 12.3. The van der Waals surface area contributed by atoms with Crippen molar-refractivity contribution in [2.75, 3.05) is 31.1 Å². The average molecular weight is 337 g/mol. The van der Waals surface area contributed by atoms with Crippen LogP contribution >= 0.6 is 0 Å². The fourth-order valence-corrected chi connectivity index (χ4v) is 3.55. The molecule has 1 saturated heterocycles. The van der Waals surface area contributed by atoms with Gasteiger partial charge in [-0.25, -0.2) is 9.97 Å². The van der Waals surface area contributed by atoms with Crippen LogP contribution in [0.15, 0.2) is 53.5 Å². The molecule has 4 rings (SSSR count). The smallest absolute Gasteiger partial charge is 0.274 e. The summed E-state index contributed by atoms with van der Waals surface area (Å²) in [6.07, 6.45) is 1.96. The Morgan fingerprint density at radius 3 is 2.68 bits per heavy atom. The first-order chi connectivity index (χ1) is 12.2. The number of aromatic nitrogens is 3. The molecule has 1 aromatic carbocycles. The van der Waals surface area contributed by atoms with Crippen LogP contribution < -0.4 is 20.3 Å². The van der Waals surface area contributed by atoms with Crippen LogP contribution in [-0.2, 0) is 0 Å². The molecule has 1 atom stereocenters. The van der Waals surface area contributed by atoms with E-state index in [9.17, 15) is 4.79 Å². The summed E-state index contributed by atoms with van der Waals surface area (Å²) in [6, 6.07) is 13.8. The first-order valence-electron chi connectivity index (χ1n) is 8.77. The third-order valence-electron chi connectivity index (χ3n) is 5.09. The Hall–Kier alpha value is -2.73. The molecule has 0 amide bonds. The topological polar surface area (TPSA) is 67.6 Å². The second-order valence-electron chi connectivity index (χ2n) is 6.58. The van der Waals surface area contributed by atoms with Gasteiger partial charge in [0.2, 0.25) is 0 Å². The van der Waals surface area contributed by atoms with Gasteiger partial charge in [-0.1, -0.05) is 18.2 Å². The summed E-state index contributed by atoms with van der Waals surface area (Å²) >= 11 is 0. The first kappa shape index (κ1) is 15.8.